The second-order valence-corrected chi connectivity index (χ2v) is 3.86. The van der Waals surface area contributed by atoms with E-state index in [-0.39, 0.29) is 0 Å². The van der Waals surface area contributed by atoms with E-state index >= 15 is 0 Å². The summed E-state index contributed by atoms with van der Waals surface area (Å²) in [5, 5.41) is 9.80. The zero-order chi connectivity index (χ0) is 11.4. The quantitative estimate of drug-likeness (QED) is 0.706. The van der Waals surface area contributed by atoms with E-state index in [9.17, 15) is 0 Å². The highest BCUT2D eigenvalue weighted by Crippen LogP contribution is 2.27. The van der Waals surface area contributed by atoms with Gasteiger partial charge in [-0.1, -0.05) is 6.92 Å². The first-order valence-corrected chi connectivity index (χ1v) is 5.97. The van der Waals surface area contributed by atoms with E-state index in [2.05, 4.69) is 39.8 Å². The molecule has 1 aliphatic rings. The molecule has 5 heteroatoms. The van der Waals surface area contributed by atoms with Crippen molar-refractivity contribution in [1.82, 2.24) is 9.97 Å². The summed E-state index contributed by atoms with van der Waals surface area (Å²) in [4.78, 5) is 8.96. The number of nitrogens with one attached hydrogen (secondary N) is 3. The van der Waals surface area contributed by atoms with Gasteiger partial charge >= 0.3 is 0 Å². The SMILES string of the molecule is CCCNc1nc(NCC)c2c(n1)NCC2. The molecule has 1 aromatic rings. The molecule has 1 aromatic heterocycles. The van der Waals surface area contributed by atoms with Crippen molar-refractivity contribution >= 4 is 17.6 Å². The largest absolute Gasteiger partial charge is 0.370 e. The fourth-order valence-electron chi connectivity index (χ4n) is 1.80. The van der Waals surface area contributed by atoms with Gasteiger partial charge in [0, 0.05) is 25.2 Å². The first-order valence-electron chi connectivity index (χ1n) is 5.97. The average molecular weight is 221 g/mol. The van der Waals surface area contributed by atoms with Crippen molar-refractivity contribution in [2.24, 2.45) is 0 Å². The Bertz CT molecular complexity index is 364. The predicted octanol–water partition coefficient (Wildman–Crippen LogP) is 1.70. The molecule has 1 aliphatic heterocycles. The van der Waals surface area contributed by atoms with Crippen molar-refractivity contribution in [2.75, 3.05) is 35.6 Å². The predicted molar refractivity (Wildman–Crippen MR) is 67.2 cm³/mol. The molecule has 0 aliphatic carbocycles. The van der Waals surface area contributed by atoms with Crippen LogP contribution < -0.4 is 16.0 Å². The summed E-state index contributed by atoms with van der Waals surface area (Å²) >= 11 is 0. The van der Waals surface area contributed by atoms with Crippen LogP contribution in [-0.2, 0) is 6.42 Å². The summed E-state index contributed by atoms with van der Waals surface area (Å²) in [7, 11) is 0. The zero-order valence-electron chi connectivity index (χ0n) is 9.93. The van der Waals surface area contributed by atoms with E-state index in [1.807, 2.05) is 0 Å². The molecule has 0 fully saturated rings. The van der Waals surface area contributed by atoms with Crippen LogP contribution in [0, 0.1) is 0 Å². The third-order valence-electron chi connectivity index (χ3n) is 2.55. The Morgan fingerprint density at radius 3 is 2.88 bits per heavy atom. The van der Waals surface area contributed by atoms with Gasteiger partial charge in [-0.05, 0) is 19.8 Å². The minimum atomic E-state index is 0.714. The Morgan fingerprint density at radius 1 is 1.25 bits per heavy atom. The number of fused-ring (bicyclic) bond motifs is 1. The minimum absolute atomic E-state index is 0.714. The standard InChI is InChI=1S/C11H19N5/c1-3-6-14-11-15-9(12-4-2)8-5-7-13-10(8)16-11/h3-7H2,1-2H3,(H3,12,13,14,15,16). The van der Waals surface area contributed by atoms with Crippen molar-refractivity contribution in [1.29, 1.82) is 0 Å². The fourth-order valence-corrected chi connectivity index (χ4v) is 1.80. The van der Waals surface area contributed by atoms with Gasteiger partial charge in [-0.3, -0.25) is 0 Å². The van der Waals surface area contributed by atoms with Crippen LogP contribution in [0.5, 0.6) is 0 Å². The molecule has 0 saturated carbocycles. The van der Waals surface area contributed by atoms with E-state index in [0.717, 1.165) is 44.1 Å². The molecule has 3 N–H and O–H groups in total. The van der Waals surface area contributed by atoms with Crippen LogP contribution in [0.25, 0.3) is 0 Å². The molecule has 0 bridgehead atoms. The Balaban J connectivity index is 2.24. The van der Waals surface area contributed by atoms with Gasteiger partial charge < -0.3 is 16.0 Å². The summed E-state index contributed by atoms with van der Waals surface area (Å²) in [5.41, 5.74) is 1.21. The maximum Gasteiger partial charge on any atom is 0.226 e. The lowest BCUT2D eigenvalue weighted by Crippen LogP contribution is -2.09. The van der Waals surface area contributed by atoms with E-state index in [4.69, 9.17) is 0 Å². The molecule has 5 nitrogen and oxygen atoms in total. The summed E-state index contributed by atoms with van der Waals surface area (Å²) in [6.07, 6.45) is 2.08. The van der Waals surface area contributed by atoms with Crippen LogP contribution in [0.3, 0.4) is 0 Å². The van der Waals surface area contributed by atoms with Gasteiger partial charge in [-0.2, -0.15) is 9.97 Å². The lowest BCUT2D eigenvalue weighted by Gasteiger charge is -2.11. The number of aromatic nitrogens is 2. The van der Waals surface area contributed by atoms with Gasteiger partial charge in [-0.25, -0.2) is 0 Å². The lowest BCUT2D eigenvalue weighted by atomic mass is 10.2. The second-order valence-electron chi connectivity index (χ2n) is 3.86. The van der Waals surface area contributed by atoms with Gasteiger partial charge in [-0.15, -0.1) is 0 Å². The maximum atomic E-state index is 4.50. The molecule has 0 amide bonds. The maximum absolute atomic E-state index is 4.50. The van der Waals surface area contributed by atoms with E-state index in [1.165, 1.54) is 5.56 Å². The van der Waals surface area contributed by atoms with Crippen molar-refractivity contribution in [3.63, 3.8) is 0 Å². The molecule has 2 heterocycles. The van der Waals surface area contributed by atoms with Crippen LogP contribution in [0.4, 0.5) is 17.6 Å². The highest BCUT2D eigenvalue weighted by Gasteiger charge is 2.18. The average Bonchev–Trinajstić information content (AvgIpc) is 2.75. The van der Waals surface area contributed by atoms with E-state index in [0.29, 0.717) is 5.95 Å². The first-order chi connectivity index (χ1) is 7.85. The highest BCUT2D eigenvalue weighted by molar-refractivity contribution is 5.63. The van der Waals surface area contributed by atoms with Crippen molar-refractivity contribution < 1.29 is 0 Å². The third kappa shape index (κ3) is 2.18. The molecule has 0 atom stereocenters. The van der Waals surface area contributed by atoms with Crippen molar-refractivity contribution in [3.8, 4) is 0 Å². The summed E-state index contributed by atoms with van der Waals surface area (Å²) in [5.74, 6) is 2.66. The summed E-state index contributed by atoms with van der Waals surface area (Å²) in [6.45, 7) is 6.96. The number of nitrogens with zero attached hydrogens (tertiary/aromatic N) is 2. The second kappa shape index (κ2) is 5.01. The molecule has 0 spiro atoms. The van der Waals surface area contributed by atoms with Gasteiger partial charge in [0.15, 0.2) is 0 Å². The molecule has 16 heavy (non-hydrogen) atoms. The third-order valence-corrected chi connectivity index (χ3v) is 2.55. The Morgan fingerprint density at radius 2 is 2.12 bits per heavy atom. The molecule has 0 unspecified atom stereocenters. The molecule has 0 saturated heterocycles. The zero-order valence-corrected chi connectivity index (χ0v) is 9.93. The first kappa shape index (κ1) is 11.0. The monoisotopic (exact) mass is 221 g/mol. The fraction of sp³-hybridized carbons (Fsp3) is 0.636. The Labute approximate surface area is 96.1 Å². The highest BCUT2D eigenvalue weighted by atomic mass is 15.2. The number of hydrogen-bond donors (Lipinski definition) is 3. The number of hydrogen-bond acceptors (Lipinski definition) is 5. The molecule has 0 aromatic carbocycles. The topological polar surface area (TPSA) is 61.9 Å². The minimum Gasteiger partial charge on any atom is -0.370 e. The van der Waals surface area contributed by atoms with Crippen molar-refractivity contribution in [3.05, 3.63) is 5.56 Å². The van der Waals surface area contributed by atoms with Crippen LogP contribution in [0.2, 0.25) is 0 Å². The van der Waals surface area contributed by atoms with Gasteiger partial charge in [0.1, 0.15) is 11.6 Å². The Kier molecular flexibility index (Phi) is 3.44. The van der Waals surface area contributed by atoms with Gasteiger partial charge in [0.2, 0.25) is 5.95 Å². The van der Waals surface area contributed by atoms with Crippen LogP contribution in [0.15, 0.2) is 0 Å². The van der Waals surface area contributed by atoms with Crippen molar-refractivity contribution in [2.45, 2.75) is 26.7 Å². The van der Waals surface area contributed by atoms with E-state index < -0.39 is 0 Å². The van der Waals surface area contributed by atoms with Crippen LogP contribution in [-0.4, -0.2) is 29.6 Å². The molecular formula is C11H19N5. The van der Waals surface area contributed by atoms with Crippen LogP contribution >= 0.6 is 0 Å². The molecule has 0 radical (unpaired) electrons. The molecule has 88 valence electrons. The molecule has 2 rings (SSSR count). The number of anilines is 3. The van der Waals surface area contributed by atoms with E-state index in [1.54, 1.807) is 0 Å². The Hall–Kier alpha value is -1.52. The van der Waals surface area contributed by atoms with Gasteiger partial charge in [0.05, 0.1) is 0 Å². The molecular weight excluding hydrogens is 202 g/mol. The summed E-state index contributed by atoms with van der Waals surface area (Å²) < 4.78 is 0. The number of rotatable bonds is 5. The normalized spacial score (nSPS) is 13.1. The van der Waals surface area contributed by atoms with Gasteiger partial charge in [0.25, 0.3) is 0 Å². The van der Waals surface area contributed by atoms with Crippen LogP contribution in [0.1, 0.15) is 25.8 Å². The summed E-state index contributed by atoms with van der Waals surface area (Å²) in [6, 6.07) is 0. The smallest absolute Gasteiger partial charge is 0.226 e. The lowest BCUT2D eigenvalue weighted by molar-refractivity contribution is 0.950.